The van der Waals surface area contributed by atoms with E-state index in [-0.39, 0.29) is 6.04 Å². The van der Waals surface area contributed by atoms with Crippen molar-refractivity contribution in [1.29, 1.82) is 0 Å². The van der Waals surface area contributed by atoms with Crippen molar-refractivity contribution in [2.75, 3.05) is 6.61 Å². The summed E-state index contributed by atoms with van der Waals surface area (Å²) in [6.07, 6.45) is -2.17. The number of thiophene rings is 1. The number of aryl methyl sites for hydroxylation is 1. The molecule has 2 atom stereocenters. The maximum atomic E-state index is 12.1. The predicted octanol–water partition coefficient (Wildman–Crippen LogP) is 3.12. The quantitative estimate of drug-likeness (QED) is 0.840. The minimum absolute atomic E-state index is 0.240. The highest BCUT2D eigenvalue weighted by molar-refractivity contribution is 7.10. The van der Waals surface area contributed by atoms with Crippen LogP contribution in [0.15, 0.2) is 11.4 Å². The summed E-state index contributed by atoms with van der Waals surface area (Å²) in [5.74, 6) is 0. The Labute approximate surface area is 98.4 Å². The van der Waals surface area contributed by atoms with Crippen molar-refractivity contribution in [2.24, 2.45) is 5.73 Å². The molecule has 0 aliphatic carbocycles. The van der Waals surface area contributed by atoms with Crippen LogP contribution < -0.4 is 5.73 Å². The standard InChI is InChI=1S/C11H17F2NOS/c1-3-8(14)10(15-6-9(12)13)11-7(2)4-5-16-11/h4-5,8-10H,3,6,14H2,1-2H3. The molecule has 0 saturated heterocycles. The molecule has 0 radical (unpaired) electrons. The molecule has 2 nitrogen and oxygen atoms in total. The molecule has 92 valence electrons. The number of alkyl halides is 2. The van der Waals surface area contributed by atoms with E-state index in [1.54, 1.807) is 0 Å². The summed E-state index contributed by atoms with van der Waals surface area (Å²) in [5, 5.41) is 1.92. The van der Waals surface area contributed by atoms with E-state index in [1.807, 2.05) is 25.3 Å². The van der Waals surface area contributed by atoms with Gasteiger partial charge in [0.25, 0.3) is 6.43 Å². The highest BCUT2D eigenvalue weighted by Crippen LogP contribution is 2.30. The lowest BCUT2D eigenvalue weighted by molar-refractivity contribution is -0.0339. The highest BCUT2D eigenvalue weighted by atomic mass is 32.1. The molecule has 1 rings (SSSR count). The zero-order chi connectivity index (χ0) is 12.1. The Bertz CT molecular complexity index is 317. The van der Waals surface area contributed by atoms with Gasteiger partial charge in [-0.1, -0.05) is 6.92 Å². The summed E-state index contributed by atoms with van der Waals surface area (Å²) in [6, 6.07) is 1.71. The molecule has 0 aromatic carbocycles. The normalized spacial score (nSPS) is 15.4. The maximum Gasteiger partial charge on any atom is 0.261 e. The highest BCUT2D eigenvalue weighted by Gasteiger charge is 2.23. The van der Waals surface area contributed by atoms with Crippen LogP contribution in [-0.2, 0) is 4.74 Å². The summed E-state index contributed by atoms with van der Waals surface area (Å²) in [4.78, 5) is 0.954. The first-order valence-electron chi connectivity index (χ1n) is 5.25. The second kappa shape index (κ2) is 6.27. The van der Waals surface area contributed by atoms with Crippen molar-refractivity contribution in [3.63, 3.8) is 0 Å². The smallest absolute Gasteiger partial charge is 0.261 e. The van der Waals surface area contributed by atoms with Crippen molar-refractivity contribution >= 4 is 11.3 Å². The van der Waals surface area contributed by atoms with Crippen LogP contribution in [-0.4, -0.2) is 19.1 Å². The minimum Gasteiger partial charge on any atom is -0.365 e. The van der Waals surface area contributed by atoms with E-state index in [4.69, 9.17) is 10.5 Å². The molecule has 2 N–H and O–H groups in total. The van der Waals surface area contributed by atoms with Crippen LogP contribution >= 0.6 is 11.3 Å². The van der Waals surface area contributed by atoms with Crippen LogP contribution in [0.2, 0.25) is 0 Å². The van der Waals surface area contributed by atoms with Crippen molar-refractivity contribution in [2.45, 2.75) is 38.8 Å². The fraction of sp³-hybridized carbons (Fsp3) is 0.636. The Morgan fingerprint density at radius 3 is 2.62 bits per heavy atom. The third-order valence-electron chi connectivity index (χ3n) is 2.42. The van der Waals surface area contributed by atoms with Crippen LogP contribution in [0, 0.1) is 6.92 Å². The fourth-order valence-corrected chi connectivity index (χ4v) is 2.51. The van der Waals surface area contributed by atoms with E-state index in [0.29, 0.717) is 6.42 Å². The molecule has 1 heterocycles. The maximum absolute atomic E-state index is 12.1. The van der Waals surface area contributed by atoms with Crippen LogP contribution in [0.5, 0.6) is 0 Å². The number of rotatable bonds is 6. The second-order valence-electron chi connectivity index (χ2n) is 3.68. The van der Waals surface area contributed by atoms with Crippen molar-refractivity contribution in [3.05, 3.63) is 21.9 Å². The van der Waals surface area contributed by atoms with Crippen LogP contribution in [0.1, 0.15) is 29.9 Å². The van der Waals surface area contributed by atoms with E-state index in [1.165, 1.54) is 11.3 Å². The SMILES string of the molecule is CCC(N)C(OCC(F)F)c1sccc1C. The lowest BCUT2D eigenvalue weighted by Gasteiger charge is -2.23. The van der Waals surface area contributed by atoms with Crippen molar-refractivity contribution in [1.82, 2.24) is 0 Å². The number of nitrogens with two attached hydrogens (primary N) is 1. The monoisotopic (exact) mass is 249 g/mol. The van der Waals surface area contributed by atoms with Crippen LogP contribution in [0.4, 0.5) is 8.78 Å². The Morgan fingerprint density at radius 2 is 2.19 bits per heavy atom. The van der Waals surface area contributed by atoms with Crippen molar-refractivity contribution < 1.29 is 13.5 Å². The molecule has 0 spiro atoms. The number of hydrogen-bond donors (Lipinski definition) is 1. The van der Waals surface area contributed by atoms with E-state index in [2.05, 4.69) is 0 Å². The fourth-order valence-electron chi connectivity index (χ4n) is 1.46. The Kier molecular flexibility index (Phi) is 5.31. The molecule has 0 saturated carbocycles. The Morgan fingerprint density at radius 1 is 1.50 bits per heavy atom. The summed E-state index contributed by atoms with van der Waals surface area (Å²) < 4.78 is 29.5. The molecule has 0 bridgehead atoms. The summed E-state index contributed by atoms with van der Waals surface area (Å²) in [5.41, 5.74) is 6.95. The van der Waals surface area contributed by atoms with Gasteiger partial charge in [0.2, 0.25) is 0 Å². The van der Waals surface area contributed by atoms with Crippen molar-refractivity contribution in [3.8, 4) is 0 Å². The summed E-state index contributed by atoms with van der Waals surface area (Å²) in [6.45, 7) is 3.30. The van der Waals surface area contributed by atoms with Gasteiger partial charge < -0.3 is 10.5 Å². The molecule has 2 unspecified atom stereocenters. The summed E-state index contributed by atoms with van der Waals surface area (Å²) in [7, 11) is 0. The van der Waals surface area contributed by atoms with E-state index in [9.17, 15) is 8.78 Å². The molecule has 16 heavy (non-hydrogen) atoms. The first kappa shape index (κ1) is 13.5. The van der Waals surface area contributed by atoms with Gasteiger partial charge in [-0.25, -0.2) is 8.78 Å². The van der Waals surface area contributed by atoms with Gasteiger partial charge >= 0.3 is 0 Å². The second-order valence-corrected chi connectivity index (χ2v) is 4.63. The zero-order valence-corrected chi connectivity index (χ0v) is 10.3. The first-order valence-corrected chi connectivity index (χ1v) is 6.13. The van der Waals surface area contributed by atoms with Gasteiger partial charge in [0, 0.05) is 10.9 Å². The molecule has 0 fully saturated rings. The third kappa shape index (κ3) is 3.50. The number of ether oxygens (including phenoxy) is 1. The molecule has 5 heteroatoms. The molecule has 1 aromatic rings. The summed E-state index contributed by atoms with van der Waals surface area (Å²) >= 11 is 1.50. The third-order valence-corrected chi connectivity index (χ3v) is 3.50. The van der Waals surface area contributed by atoms with E-state index in [0.717, 1.165) is 10.4 Å². The van der Waals surface area contributed by atoms with Gasteiger partial charge in [-0.2, -0.15) is 0 Å². The number of hydrogen-bond acceptors (Lipinski definition) is 3. The van der Waals surface area contributed by atoms with Gasteiger partial charge in [0.05, 0.1) is 0 Å². The lowest BCUT2D eigenvalue weighted by Crippen LogP contribution is -2.30. The molecular weight excluding hydrogens is 232 g/mol. The zero-order valence-electron chi connectivity index (χ0n) is 9.45. The molecular formula is C11H17F2NOS. The van der Waals surface area contributed by atoms with Gasteiger partial charge in [-0.05, 0) is 30.4 Å². The largest absolute Gasteiger partial charge is 0.365 e. The molecule has 1 aromatic heterocycles. The lowest BCUT2D eigenvalue weighted by atomic mass is 10.1. The van der Waals surface area contributed by atoms with Gasteiger partial charge in [-0.15, -0.1) is 11.3 Å². The molecule has 0 aliphatic rings. The van der Waals surface area contributed by atoms with E-state index < -0.39 is 19.1 Å². The Balaban J connectivity index is 2.75. The molecule has 0 amide bonds. The van der Waals surface area contributed by atoms with E-state index >= 15 is 0 Å². The average molecular weight is 249 g/mol. The van der Waals surface area contributed by atoms with Gasteiger partial charge in [0.1, 0.15) is 12.7 Å². The Hall–Kier alpha value is -0.520. The average Bonchev–Trinajstić information content (AvgIpc) is 2.64. The number of halogens is 2. The molecule has 0 aliphatic heterocycles. The van der Waals surface area contributed by atoms with Crippen LogP contribution in [0.25, 0.3) is 0 Å². The first-order chi connectivity index (χ1) is 7.56. The predicted molar refractivity (Wildman–Crippen MR) is 62.0 cm³/mol. The minimum atomic E-state index is -2.45. The van der Waals surface area contributed by atoms with Gasteiger partial charge in [-0.3, -0.25) is 0 Å². The van der Waals surface area contributed by atoms with Crippen LogP contribution in [0.3, 0.4) is 0 Å². The van der Waals surface area contributed by atoms with Gasteiger partial charge in [0.15, 0.2) is 0 Å². The topological polar surface area (TPSA) is 35.2 Å².